The number of hydrogen-bond donors (Lipinski definition) is 0. The van der Waals surface area contributed by atoms with E-state index in [1.54, 1.807) is 0 Å². The van der Waals surface area contributed by atoms with E-state index >= 15 is 0 Å². The van der Waals surface area contributed by atoms with E-state index in [0.717, 1.165) is 12.8 Å². The molecule has 0 bridgehead atoms. The summed E-state index contributed by atoms with van der Waals surface area (Å²) < 4.78 is 0. The van der Waals surface area contributed by atoms with Crippen molar-refractivity contribution in [3.8, 4) is 0 Å². The van der Waals surface area contributed by atoms with Crippen LogP contribution in [0.1, 0.15) is 30.5 Å². The van der Waals surface area contributed by atoms with Crippen molar-refractivity contribution in [2.24, 2.45) is 0 Å². The van der Waals surface area contributed by atoms with Crippen molar-refractivity contribution < 1.29 is 0 Å². The van der Waals surface area contributed by atoms with Gasteiger partial charge in [-0.3, -0.25) is 0 Å². The molecule has 0 nitrogen and oxygen atoms in total. The SMILES string of the molecule is CCc1c[c]cc(C)c1CC. The first-order chi connectivity index (χ1) is 5.29. The summed E-state index contributed by atoms with van der Waals surface area (Å²) in [5.41, 5.74) is 4.34. The fraction of sp³-hybridized carbons (Fsp3) is 0.455. The van der Waals surface area contributed by atoms with Gasteiger partial charge in [-0.1, -0.05) is 26.0 Å². The molecule has 0 unspecified atom stereocenters. The zero-order valence-electron chi connectivity index (χ0n) is 7.57. The Bertz CT molecular complexity index is 236. The molecular formula is C11H15. The summed E-state index contributed by atoms with van der Waals surface area (Å²) in [5, 5.41) is 0. The lowest BCUT2D eigenvalue weighted by Crippen LogP contribution is -1.93. The van der Waals surface area contributed by atoms with Gasteiger partial charge in [-0.2, -0.15) is 0 Å². The Hall–Kier alpha value is -0.780. The van der Waals surface area contributed by atoms with E-state index in [4.69, 9.17) is 0 Å². The summed E-state index contributed by atoms with van der Waals surface area (Å²) in [5.74, 6) is 0. The molecule has 0 heteroatoms. The zero-order valence-corrected chi connectivity index (χ0v) is 7.57. The monoisotopic (exact) mass is 147 g/mol. The highest BCUT2D eigenvalue weighted by Crippen LogP contribution is 2.14. The van der Waals surface area contributed by atoms with E-state index in [2.05, 4.69) is 39.0 Å². The topological polar surface area (TPSA) is 0 Å². The van der Waals surface area contributed by atoms with Crippen molar-refractivity contribution in [2.45, 2.75) is 33.6 Å². The minimum absolute atomic E-state index is 1.13. The van der Waals surface area contributed by atoms with E-state index in [1.165, 1.54) is 16.7 Å². The van der Waals surface area contributed by atoms with Crippen molar-refractivity contribution in [1.29, 1.82) is 0 Å². The largest absolute Gasteiger partial charge is 0.0613 e. The second-order valence-corrected chi connectivity index (χ2v) is 2.85. The van der Waals surface area contributed by atoms with Crippen LogP contribution in [-0.2, 0) is 12.8 Å². The summed E-state index contributed by atoms with van der Waals surface area (Å²) in [4.78, 5) is 0. The fourth-order valence-corrected chi connectivity index (χ4v) is 1.52. The standard InChI is InChI=1S/C11H15/c1-4-10-8-6-7-9(3)11(10)5-2/h7-8H,4-5H2,1-3H3. The van der Waals surface area contributed by atoms with Gasteiger partial charge < -0.3 is 0 Å². The first-order valence-corrected chi connectivity index (χ1v) is 4.28. The first kappa shape index (κ1) is 8.32. The van der Waals surface area contributed by atoms with Crippen LogP contribution in [0.2, 0.25) is 0 Å². The molecule has 0 atom stereocenters. The molecular weight excluding hydrogens is 132 g/mol. The minimum Gasteiger partial charge on any atom is -0.0613 e. The average Bonchev–Trinajstić information content (AvgIpc) is 2.04. The number of rotatable bonds is 2. The number of benzene rings is 1. The van der Waals surface area contributed by atoms with Crippen LogP contribution in [0, 0.1) is 13.0 Å². The lowest BCUT2D eigenvalue weighted by atomic mass is 9.98. The van der Waals surface area contributed by atoms with Gasteiger partial charge in [-0.25, -0.2) is 0 Å². The number of aryl methyl sites for hydroxylation is 2. The highest BCUT2D eigenvalue weighted by atomic mass is 14.0. The van der Waals surface area contributed by atoms with Gasteiger partial charge in [-0.15, -0.1) is 0 Å². The van der Waals surface area contributed by atoms with Gasteiger partial charge in [-0.05, 0) is 42.5 Å². The van der Waals surface area contributed by atoms with Crippen molar-refractivity contribution in [1.82, 2.24) is 0 Å². The Morgan fingerprint density at radius 3 is 2.36 bits per heavy atom. The molecule has 0 aliphatic rings. The van der Waals surface area contributed by atoms with Crippen LogP contribution in [0.3, 0.4) is 0 Å². The van der Waals surface area contributed by atoms with E-state index in [0.29, 0.717) is 0 Å². The Kier molecular flexibility index (Phi) is 2.70. The molecule has 0 aliphatic heterocycles. The highest BCUT2D eigenvalue weighted by molar-refractivity contribution is 5.33. The first-order valence-electron chi connectivity index (χ1n) is 4.28. The molecule has 0 saturated carbocycles. The maximum atomic E-state index is 3.15. The third kappa shape index (κ3) is 1.62. The molecule has 0 fully saturated rings. The van der Waals surface area contributed by atoms with Crippen molar-refractivity contribution in [2.75, 3.05) is 0 Å². The van der Waals surface area contributed by atoms with Crippen LogP contribution in [0.25, 0.3) is 0 Å². The van der Waals surface area contributed by atoms with E-state index < -0.39 is 0 Å². The Morgan fingerprint density at radius 1 is 1.18 bits per heavy atom. The molecule has 1 aromatic carbocycles. The van der Waals surface area contributed by atoms with Gasteiger partial charge in [0.05, 0.1) is 0 Å². The minimum atomic E-state index is 1.13. The van der Waals surface area contributed by atoms with E-state index in [9.17, 15) is 0 Å². The van der Waals surface area contributed by atoms with Crippen LogP contribution in [-0.4, -0.2) is 0 Å². The fourth-order valence-electron chi connectivity index (χ4n) is 1.52. The van der Waals surface area contributed by atoms with Gasteiger partial charge in [0.25, 0.3) is 0 Å². The summed E-state index contributed by atoms with van der Waals surface area (Å²) in [6, 6.07) is 7.33. The molecule has 0 heterocycles. The predicted molar refractivity (Wildman–Crippen MR) is 48.8 cm³/mol. The highest BCUT2D eigenvalue weighted by Gasteiger charge is 1.99. The van der Waals surface area contributed by atoms with Crippen LogP contribution in [0.4, 0.5) is 0 Å². The molecule has 0 aliphatic carbocycles. The molecule has 1 rings (SSSR count). The maximum Gasteiger partial charge on any atom is -0.0178 e. The van der Waals surface area contributed by atoms with Gasteiger partial charge >= 0.3 is 0 Å². The van der Waals surface area contributed by atoms with Gasteiger partial charge in [0, 0.05) is 0 Å². The third-order valence-electron chi connectivity index (χ3n) is 2.16. The second-order valence-electron chi connectivity index (χ2n) is 2.85. The average molecular weight is 147 g/mol. The molecule has 0 N–H and O–H groups in total. The van der Waals surface area contributed by atoms with Crippen LogP contribution < -0.4 is 0 Å². The lowest BCUT2D eigenvalue weighted by Gasteiger charge is -2.07. The summed E-state index contributed by atoms with van der Waals surface area (Å²) in [6.45, 7) is 6.57. The Labute approximate surface area is 69.3 Å². The normalized spacial score (nSPS) is 10.1. The van der Waals surface area contributed by atoms with E-state index in [-0.39, 0.29) is 0 Å². The van der Waals surface area contributed by atoms with E-state index in [1.807, 2.05) is 0 Å². The van der Waals surface area contributed by atoms with Gasteiger partial charge in [0.1, 0.15) is 0 Å². The van der Waals surface area contributed by atoms with Gasteiger partial charge in [0.15, 0.2) is 0 Å². The molecule has 1 aromatic rings. The Balaban J connectivity index is 3.13. The van der Waals surface area contributed by atoms with Crippen LogP contribution in [0.5, 0.6) is 0 Å². The predicted octanol–water partition coefficient (Wildman–Crippen LogP) is 2.92. The molecule has 0 amide bonds. The third-order valence-corrected chi connectivity index (χ3v) is 2.16. The molecule has 0 saturated heterocycles. The van der Waals surface area contributed by atoms with Crippen molar-refractivity contribution in [3.05, 3.63) is 34.9 Å². The molecule has 59 valence electrons. The summed E-state index contributed by atoms with van der Waals surface area (Å²) in [7, 11) is 0. The molecule has 0 spiro atoms. The smallest absolute Gasteiger partial charge is 0.0178 e. The molecule has 11 heavy (non-hydrogen) atoms. The number of hydrogen-bond acceptors (Lipinski definition) is 0. The van der Waals surface area contributed by atoms with Crippen molar-refractivity contribution in [3.63, 3.8) is 0 Å². The zero-order chi connectivity index (χ0) is 8.27. The Morgan fingerprint density at radius 2 is 1.91 bits per heavy atom. The van der Waals surface area contributed by atoms with Crippen LogP contribution >= 0.6 is 0 Å². The second kappa shape index (κ2) is 3.56. The molecule has 0 aromatic heterocycles. The maximum absolute atomic E-state index is 3.15. The van der Waals surface area contributed by atoms with Gasteiger partial charge in [0.2, 0.25) is 0 Å². The summed E-state index contributed by atoms with van der Waals surface area (Å²) >= 11 is 0. The molecule has 1 radical (unpaired) electrons. The van der Waals surface area contributed by atoms with Crippen LogP contribution in [0.15, 0.2) is 12.1 Å². The van der Waals surface area contributed by atoms with Crippen molar-refractivity contribution >= 4 is 0 Å². The summed E-state index contributed by atoms with van der Waals surface area (Å²) in [6.07, 6.45) is 2.27. The quantitative estimate of drug-likeness (QED) is 0.603. The lowest BCUT2D eigenvalue weighted by molar-refractivity contribution is 1.02.